The van der Waals surface area contributed by atoms with Crippen LogP contribution in [-0.2, 0) is 14.3 Å². The second-order valence-corrected chi connectivity index (χ2v) is 3.28. The number of hydrogen-bond acceptors (Lipinski definition) is 4. The van der Waals surface area contributed by atoms with Gasteiger partial charge in [-0.15, -0.1) is 0 Å². The van der Waals surface area contributed by atoms with Gasteiger partial charge in [0.2, 0.25) is 0 Å². The quantitative estimate of drug-likeness (QED) is 0.540. The van der Waals surface area contributed by atoms with Crippen molar-refractivity contribution in [2.75, 3.05) is 46.6 Å². The Kier molecular flexibility index (Phi) is 9.46. The lowest BCUT2D eigenvalue weighted by Gasteiger charge is -2.19. The third-order valence-corrected chi connectivity index (χ3v) is 1.87. The Morgan fingerprint density at radius 3 is 2.47 bits per heavy atom. The van der Waals surface area contributed by atoms with Gasteiger partial charge in [0.1, 0.15) is 0 Å². The Bertz CT molecular complexity index is 164. The molecule has 15 heavy (non-hydrogen) atoms. The minimum absolute atomic E-state index is 0.0405. The molecule has 0 fully saturated rings. The van der Waals surface area contributed by atoms with Gasteiger partial charge in [0.25, 0.3) is 0 Å². The monoisotopic (exact) mass is 219 g/mol. The lowest BCUT2D eigenvalue weighted by molar-refractivity contribution is -0.138. The summed E-state index contributed by atoms with van der Waals surface area (Å²) >= 11 is 0. The van der Waals surface area contributed by atoms with Crippen LogP contribution in [0.2, 0.25) is 0 Å². The number of rotatable bonds is 10. The Morgan fingerprint density at radius 1 is 1.27 bits per heavy atom. The van der Waals surface area contributed by atoms with Gasteiger partial charge in [-0.2, -0.15) is 0 Å². The zero-order valence-electron chi connectivity index (χ0n) is 9.57. The van der Waals surface area contributed by atoms with E-state index in [2.05, 4.69) is 0 Å². The molecular weight excluding hydrogens is 198 g/mol. The lowest BCUT2D eigenvalue weighted by Crippen LogP contribution is -2.35. The Morgan fingerprint density at radius 2 is 1.93 bits per heavy atom. The molecule has 0 saturated carbocycles. The largest absolute Gasteiger partial charge is 0.480 e. The van der Waals surface area contributed by atoms with Crippen LogP contribution >= 0.6 is 0 Å². The summed E-state index contributed by atoms with van der Waals surface area (Å²) in [6.45, 7) is 5.18. The van der Waals surface area contributed by atoms with E-state index in [0.717, 1.165) is 13.0 Å². The number of aliphatic carboxylic acids is 1. The molecule has 0 atom stereocenters. The van der Waals surface area contributed by atoms with Gasteiger partial charge in [-0.25, -0.2) is 0 Å². The normalized spacial score (nSPS) is 10.9. The van der Waals surface area contributed by atoms with E-state index < -0.39 is 5.97 Å². The molecule has 0 heterocycles. The first-order valence-corrected chi connectivity index (χ1v) is 5.21. The highest BCUT2D eigenvalue weighted by Crippen LogP contribution is 1.90. The number of nitrogens with zero attached hydrogens (tertiary/aromatic N) is 1. The van der Waals surface area contributed by atoms with Crippen molar-refractivity contribution in [3.63, 3.8) is 0 Å². The average molecular weight is 219 g/mol. The molecular formula is C10H21NO4. The third-order valence-electron chi connectivity index (χ3n) is 1.87. The average Bonchev–Trinajstić information content (AvgIpc) is 2.19. The van der Waals surface area contributed by atoms with Crippen LogP contribution in [-0.4, -0.2) is 62.5 Å². The highest BCUT2D eigenvalue weighted by atomic mass is 16.5. The van der Waals surface area contributed by atoms with Crippen molar-refractivity contribution >= 4 is 5.97 Å². The van der Waals surface area contributed by atoms with E-state index in [1.807, 2.05) is 11.8 Å². The number of methoxy groups -OCH3 is 1. The topological polar surface area (TPSA) is 59.0 Å². The molecule has 0 saturated heterocycles. The van der Waals surface area contributed by atoms with E-state index in [9.17, 15) is 4.79 Å². The number of ether oxygens (including phenoxy) is 2. The molecule has 90 valence electrons. The van der Waals surface area contributed by atoms with Gasteiger partial charge in [0, 0.05) is 26.8 Å². The maximum Gasteiger partial charge on any atom is 0.317 e. The van der Waals surface area contributed by atoms with Gasteiger partial charge >= 0.3 is 5.97 Å². The van der Waals surface area contributed by atoms with E-state index in [1.165, 1.54) is 0 Å². The summed E-state index contributed by atoms with van der Waals surface area (Å²) in [6, 6.07) is 0. The molecule has 0 rings (SSSR count). The number of carboxylic acid groups (broad SMARTS) is 1. The van der Waals surface area contributed by atoms with E-state index in [1.54, 1.807) is 7.11 Å². The molecule has 0 bridgehead atoms. The van der Waals surface area contributed by atoms with Gasteiger partial charge in [-0.3, -0.25) is 9.69 Å². The maximum atomic E-state index is 10.5. The maximum absolute atomic E-state index is 10.5. The second kappa shape index (κ2) is 9.89. The summed E-state index contributed by atoms with van der Waals surface area (Å²) in [5.41, 5.74) is 0. The molecule has 1 N–H and O–H groups in total. The van der Waals surface area contributed by atoms with E-state index in [0.29, 0.717) is 26.3 Å². The van der Waals surface area contributed by atoms with Crippen LogP contribution in [0.3, 0.4) is 0 Å². The van der Waals surface area contributed by atoms with Crippen LogP contribution in [0.1, 0.15) is 13.3 Å². The van der Waals surface area contributed by atoms with Crippen molar-refractivity contribution in [2.45, 2.75) is 13.3 Å². The van der Waals surface area contributed by atoms with Gasteiger partial charge in [-0.05, 0) is 6.42 Å². The molecule has 0 unspecified atom stereocenters. The highest BCUT2D eigenvalue weighted by Gasteiger charge is 2.08. The molecule has 0 aromatic rings. The molecule has 0 aromatic heterocycles. The van der Waals surface area contributed by atoms with E-state index >= 15 is 0 Å². The van der Waals surface area contributed by atoms with Crippen LogP contribution in [0.15, 0.2) is 0 Å². The van der Waals surface area contributed by atoms with Gasteiger partial charge in [0.15, 0.2) is 0 Å². The Hall–Kier alpha value is -0.650. The van der Waals surface area contributed by atoms with Crippen molar-refractivity contribution < 1.29 is 19.4 Å². The number of carboxylic acids is 1. The zero-order chi connectivity index (χ0) is 11.5. The second-order valence-electron chi connectivity index (χ2n) is 3.28. The summed E-state index contributed by atoms with van der Waals surface area (Å²) in [4.78, 5) is 12.3. The van der Waals surface area contributed by atoms with E-state index in [4.69, 9.17) is 14.6 Å². The van der Waals surface area contributed by atoms with Crippen LogP contribution in [0.4, 0.5) is 0 Å². The minimum Gasteiger partial charge on any atom is -0.480 e. The van der Waals surface area contributed by atoms with Crippen molar-refractivity contribution in [2.24, 2.45) is 0 Å². The molecule has 0 aliphatic heterocycles. The zero-order valence-corrected chi connectivity index (χ0v) is 9.57. The Labute approximate surface area is 91.0 Å². The molecule has 0 aliphatic rings. The number of hydrogen-bond donors (Lipinski definition) is 1. The van der Waals surface area contributed by atoms with Crippen LogP contribution in [0.25, 0.3) is 0 Å². The van der Waals surface area contributed by atoms with Gasteiger partial charge < -0.3 is 14.6 Å². The minimum atomic E-state index is -0.818. The first-order chi connectivity index (χ1) is 7.20. The highest BCUT2D eigenvalue weighted by molar-refractivity contribution is 5.69. The van der Waals surface area contributed by atoms with E-state index in [-0.39, 0.29) is 6.54 Å². The van der Waals surface area contributed by atoms with Crippen molar-refractivity contribution in [3.8, 4) is 0 Å². The van der Waals surface area contributed by atoms with Crippen molar-refractivity contribution in [1.29, 1.82) is 0 Å². The molecule has 0 aromatic carbocycles. The summed E-state index contributed by atoms with van der Waals surface area (Å²) in [5, 5.41) is 8.66. The lowest BCUT2D eigenvalue weighted by atomic mass is 10.4. The van der Waals surface area contributed by atoms with Crippen molar-refractivity contribution in [1.82, 2.24) is 4.90 Å². The SMILES string of the molecule is CCCOCCN(CCOC)CC(=O)O. The van der Waals surface area contributed by atoms with Crippen molar-refractivity contribution in [3.05, 3.63) is 0 Å². The molecule has 5 nitrogen and oxygen atoms in total. The fraction of sp³-hybridized carbons (Fsp3) is 0.900. The smallest absolute Gasteiger partial charge is 0.317 e. The number of carbonyl (C=O) groups is 1. The summed E-state index contributed by atoms with van der Waals surface area (Å²) in [7, 11) is 1.60. The first-order valence-electron chi connectivity index (χ1n) is 5.21. The predicted molar refractivity (Wildman–Crippen MR) is 57.1 cm³/mol. The van der Waals surface area contributed by atoms with Crippen LogP contribution in [0.5, 0.6) is 0 Å². The first kappa shape index (κ1) is 14.3. The molecule has 0 spiro atoms. The van der Waals surface area contributed by atoms with Crippen LogP contribution < -0.4 is 0 Å². The van der Waals surface area contributed by atoms with Gasteiger partial charge in [0.05, 0.1) is 19.8 Å². The molecule has 0 amide bonds. The predicted octanol–water partition coefficient (Wildman–Crippen LogP) is 0.446. The van der Waals surface area contributed by atoms with Gasteiger partial charge in [-0.1, -0.05) is 6.92 Å². The third kappa shape index (κ3) is 9.65. The summed E-state index contributed by atoms with van der Waals surface area (Å²) in [6.07, 6.45) is 0.983. The Balaban J connectivity index is 3.64. The summed E-state index contributed by atoms with van der Waals surface area (Å²) in [5.74, 6) is -0.818. The van der Waals surface area contributed by atoms with Crippen LogP contribution in [0, 0.1) is 0 Å². The fourth-order valence-corrected chi connectivity index (χ4v) is 1.12. The molecule has 5 heteroatoms. The molecule has 0 radical (unpaired) electrons. The molecule has 0 aliphatic carbocycles. The fourth-order valence-electron chi connectivity index (χ4n) is 1.12. The standard InChI is InChI=1S/C10H21NO4/c1-3-6-15-8-5-11(4-7-14-2)9-10(12)13/h3-9H2,1-2H3,(H,12,13). The summed E-state index contributed by atoms with van der Waals surface area (Å²) < 4.78 is 10.2.